The molecule has 2 aliphatic rings. The summed E-state index contributed by atoms with van der Waals surface area (Å²) in [7, 11) is 4.15. The van der Waals surface area contributed by atoms with Crippen molar-refractivity contribution < 1.29 is 14.3 Å². The Morgan fingerprint density at radius 3 is 2.81 bits per heavy atom. The molecule has 3 rings (SSSR count). The van der Waals surface area contributed by atoms with Crippen molar-refractivity contribution in [3.63, 3.8) is 0 Å². The van der Waals surface area contributed by atoms with Crippen LogP contribution in [0.25, 0.3) is 0 Å². The van der Waals surface area contributed by atoms with Crippen LogP contribution >= 0.6 is 0 Å². The number of carbonyl (C=O) groups excluding carboxylic acids is 1. The first-order chi connectivity index (χ1) is 13.0. The SMILES string of the molecule is CC(=O)N[C@@H]1C[C@H](c2ccccc2OCCCN(C)C)O[C@@H]2CCCC[C@@H]12. The number of hydrogen-bond donors (Lipinski definition) is 1. The van der Waals surface area contributed by atoms with Gasteiger partial charge in [-0.2, -0.15) is 0 Å². The van der Waals surface area contributed by atoms with Crippen LogP contribution in [-0.4, -0.2) is 50.2 Å². The number of rotatable bonds is 7. The molecule has 5 heteroatoms. The number of nitrogens with zero attached hydrogens (tertiary/aromatic N) is 1. The summed E-state index contributed by atoms with van der Waals surface area (Å²) in [4.78, 5) is 13.9. The normalized spacial score (nSPS) is 27.9. The zero-order chi connectivity index (χ0) is 19.2. The minimum atomic E-state index is -0.0220. The second kappa shape index (κ2) is 9.56. The summed E-state index contributed by atoms with van der Waals surface area (Å²) in [6, 6.07) is 8.40. The summed E-state index contributed by atoms with van der Waals surface area (Å²) in [6.45, 7) is 3.32. The topological polar surface area (TPSA) is 50.8 Å². The molecule has 150 valence electrons. The van der Waals surface area contributed by atoms with Gasteiger partial charge in [-0.15, -0.1) is 0 Å². The molecule has 1 heterocycles. The van der Waals surface area contributed by atoms with E-state index in [0.29, 0.717) is 12.5 Å². The van der Waals surface area contributed by atoms with E-state index in [1.807, 2.05) is 18.2 Å². The molecular weight excluding hydrogens is 340 g/mol. The molecule has 4 atom stereocenters. The lowest BCUT2D eigenvalue weighted by Gasteiger charge is -2.45. The first kappa shape index (κ1) is 20.2. The largest absolute Gasteiger partial charge is 0.493 e. The molecule has 5 nitrogen and oxygen atoms in total. The van der Waals surface area contributed by atoms with Crippen LogP contribution < -0.4 is 10.1 Å². The van der Waals surface area contributed by atoms with Gasteiger partial charge in [0.25, 0.3) is 0 Å². The van der Waals surface area contributed by atoms with E-state index < -0.39 is 0 Å². The monoisotopic (exact) mass is 374 g/mol. The lowest BCUT2D eigenvalue weighted by molar-refractivity contribution is -0.131. The molecule has 1 amide bonds. The minimum Gasteiger partial charge on any atom is -0.493 e. The summed E-state index contributed by atoms with van der Waals surface area (Å²) in [5.74, 6) is 1.40. The Morgan fingerprint density at radius 1 is 1.26 bits per heavy atom. The smallest absolute Gasteiger partial charge is 0.217 e. The highest BCUT2D eigenvalue weighted by Crippen LogP contribution is 2.43. The van der Waals surface area contributed by atoms with Crippen LogP contribution in [0.3, 0.4) is 0 Å². The van der Waals surface area contributed by atoms with Gasteiger partial charge in [0.15, 0.2) is 0 Å². The third-order valence-corrected chi connectivity index (χ3v) is 5.74. The van der Waals surface area contributed by atoms with Gasteiger partial charge in [-0.25, -0.2) is 0 Å². The van der Waals surface area contributed by atoms with Gasteiger partial charge in [-0.1, -0.05) is 31.0 Å². The van der Waals surface area contributed by atoms with E-state index in [1.54, 1.807) is 6.92 Å². The van der Waals surface area contributed by atoms with Crippen molar-refractivity contribution in [3.05, 3.63) is 29.8 Å². The van der Waals surface area contributed by atoms with Crippen LogP contribution in [0.15, 0.2) is 24.3 Å². The van der Waals surface area contributed by atoms with E-state index in [1.165, 1.54) is 12.8 Å². The molecule has 0 unspecified atom stereocenters. The maximum absolute atomic E-state index is 11.7. The number of carbonyl (C=O) groups is 1. The van der Waals surface area contributed by atoms with Crippen molar-refractivity contribution in [1.82, 2.24) is 10.2 Å². The van der Waals surface area contributed by atoms with Gasteiger partial charge < -0.3 is 19.7 Å². The average molecular weight is 375 g/mol. The van der Waals surface area contributed by atoms with Crippen molar-refractivity contribution >= 4 is 5.91 Å². The fraction of sp³-hybridized carbons (Fsp3) is 0.682. The number of benzene rings is 1. The van der Waals surface area contributed by atoms with Crippen molar-refractivity contribution in [2.75, 3.05) is 27.2 Å². The average Bonchev–Trinajstić information content (AvgIpc) is 2.65. The molecule has 0 aromatic heterocycles. The number of para-hydroxylation sites is 1. The molecule has 1 aliphatic carbocycles. The van der Waals surface area contributed by atoms with Crippen LogP contribution in [0, 0.1) is 5.92 Å². The minimum absolute atomic E-state index is 0.0220. The van der Waals surface area contributed by atoms with E-state index >= 15 is 0 Å². The zero-order valence-electron chi connectivity index (χ0n) is 16.9. The van der Waals surface area contributed by atoms with Gasteiger partial charge in [0.1, 0.15) is 5.75 Å². The van der Waals surface area contributed by atoms with Gasteiger partial charge in [-0.3, -0.25) is 4.79 Å². The summed E-state index contributed by atoms with van der Waals surface area (Å²) in [6.07, 6.45) is 6.70. The maximum Gasteiger partial charge on any atom is 0.217 e. The predicted octanol–water partition coefficient (Wildman–Crippen LogP) is 3.54. The van der Waals surface area contributed by atoms with Gasteiger partial charge in [-0.05, 0) is 45.8 Å². The van der Waals surface area contributed by atoms with Gasteiger partial charge >= 0.3 is 0 Å². The predicted molar refractivity (Wildman–Crippen MR) is 107 cm³/mol. The first-order valence-electron chi connectivity index (χ1n) is 10.3. The number of ether oxygens (including phenoxy) is 2. The Bertz CT molecular complexity index is 619. The Morgan fingerprint density at radius 2 is 2.04 bits per heavy atom. The molecule has 0 spiro atoms. The van der Waals surface area contributed by atoms with E-state index in [0.717, 1.165) is 43.5 Å². The molecule has 1 saturated carbocycles. The van der Waals surface area contributed by atoms with Crippen LogP contribution in [-0.2, 0) is 9.53 Å². The van der Waals surface area contributed by atoms with E-state index in [9.17, 15) is 4.79 Å². The van der Waals surface area contributed by atoms with Crippen LogP contribution in [0.5, 0.6) is 5.75 Å². The van der Waals surface area contributed by atoms with Crippen molar-refractivity contribution in [1.29, 1.82) is 0 Å². The highest BCUT2D eigenvalue weighted by molar-refractivity contribution is 5.73. The van der Waals surface area contributed by atoms with Crippen LogP contribution in [0.1, 0.15) is 57.1 Å². The number of nitrogens with one attached hydrogen (secondary N) is 1. The standard InChI is InChI=1S/C22H34N2O3/c1-16(25)23-19-15-22(27-21-12-7-4-9-17(19)21)18-10-5-6-11-20(18)26-14-8-13-24(2)3/h5-6,10-11,17,19,21-22H,4,7-9,12-15H2,1-3H3,(H,23,25)/t17-,19+,21+,22+/m0/s1. The Hall–Kier alpha value is -1.59. The molecule has 0 bridgehead atoms. The molecule has 0 radical (unpaired) electrons. The van der Waals surface area contributed by atoms with Gasteiger partial charge in [0, 0.05) is 31.0 Å². The number of amides is 1. The van der Waals surface area contributed by atoms with Crippen molar-refractivity contribution in [2.45, 2.75) is 63.7 Å². The van der Waals surface area contributed by atoms with Crippen molar-refractivity contribution in [2.24, 2.45) is 5.92 Å². The molecule has 1 aromatic rings. The molecule has 1 aromatic carbocycles. The highest BCUT2D eigenvalue weighted by atomic mass is 16.5. The maximum atomic E-state index is 11.7. The van der Waals surface area contributed by atoms with Crippen LogP contribution in [0.4, 0.5) is 0 Å². The summed E-state index contributed by atoms with van der Waals surface area (Å²) < 4.78 is 12.6. The Kier molecular flexibility index (Phi) is 7.13. The zero-order valence-corrected chi connectivity index (χ0v) is 16.9. The molecule has 27 heavy (non-hydrogen) atoms. The first-order valence-corrected chi connectivity index (χ1v) is 10.3. The summed E-state index contributed by atoms with van der Waals surface area (Å²) >= 11 is 0. The second-order valence-electron chi connectivity index (χ2n) is 8.20. The second-order valence-corrected chi connectivity index (χ2v) is 8.20. The van der Waals surface area contributed by atoms with Gasteiger partial charge in [0.05, 0.1) is 18.8 Å². The van der Waals surface area contributed by atoms with E-state index in [4.69, 9.17) is 9.47 Å². The number of hydrogen-bond acceptors (Lipinski definition) is 4. The molecule has 1 aliphatic heterocycles. The van der Waals surface area contributed by atoms with E-state index in [2.05, 4.69) is 30.4 Å². The quantitative estimate of drug-likeness (QED) is 0.742. The molecule has 1 saturated heterocycles. The third-order valence-electron chi connectivity index (χ3n) is 5.74. The van der Waals surface area contributed by atoms with E-state index in [-0.39, 0.29) is 24.2 Å². The van der Waals surface area contributed by atoms with Crippen molar-refractivity contribution in [3.8, 4) is 5.75 Å². The van der Waals surface area contributed by atoms with Gasteiger partial charge in [0.2, 0.25) is 5.91 Å². The lowest BCUT2D eigenvalue weighted by Crippen LogP contribution is -2.50. The fourth-order valence-electron chi connectivity index (χ4n) is 4.49. The highest BCUT2D eigenvalue weighted by Gasteiger charge is 2.41. The fourth-order valence-corrected chi connectivity index (χ4v) is 4.49. The van der Waals surface area contributed by atoms with Crippen LogP contribution in [0.2, 0.25) is 0 Å². The Labute approximate surface area is 163 Å². The molecular formula is C22H34N2O3. The third kappa shape index (κ3) is 5.45. The molecule has 2 fully saturated rings. The lowest BCUT2D eigenvalue weighted by atomic mass is 9.76. The molecule has 1 N–H and O–H groups in total. The summed E-state index contributed by atoms with van der Waals surface area (Å²) in [5.41, 5.74) is 1.11. The number of fused-ring (bicyclic) bond motifs is 1. The Balaban J connectivity index is 1.71. The summed E-state index contributed by atoms with van der Waals surface area (Å²) in [5, 5.41) is 3.20.